The zero-order chi connectivity index (χ0) is 37.8. The first-order valence-corrected chi connectivity index (χ1v) is 41.2. The van der Waals surface area contributed by atoms with Crippen LogP contribution in [-0.4, -0.2) is 50.0 Å². The molecule has 0 aliphatic carbocycles. The summed E-state index contributed by atoms with van der Waals surface area (Å²) < 4.78 is 49.5. The summed E-state index contributed by atoms with van der Waals surface area (Å²) in [5.41, 5.74) is 3.94. The summed E-state index contributed by atoms with van der Waals surface area (Å²) in [4.78, 5) is 14.7. The normalized spacial score (nSPS) is 13.6. The Morgan fingerprint density at radius 1 is 0.577 bits per heavy atom. The third kappa shape index (κ3) is 9.71. The molecule has 0 radical (unpaired) electrons. The Labute approximate surface area is 328 Å². The number of fused-ring (bicyclic) bond motifs is 2. The fourth-order valence-corrected chi connectivity index (χ4v) is 19.7. The van der Waals surface area contributed by atoms with Crippen molar-refractivity contribution in [2.75, 3.05) is 13.2 Å². The molecule has 0 saturated heterocycles. The molecule has 2 heterocycles. The number of hydrogen-bond acceptors (Lipinski definition) is 4. The van der Waals surface area contributed by atoms with E-state index in [-0.39, 0.29) is 11.6 Å². The van der Waals surface area contributed by atoms with Crippen molar-refractivity contribution in [2.24, 2.45) is 11.8 Å². The number of unbranched alkanes of at least 4 members (excludes halogenated alkanes) is 2. The van der Waals surface area contributed by atoms with Gasteiger partial charge in [-0.2, -0.15) is 0 Å². The van der Waals surface area contributed by atoms with Crippen molar-refractivity contribution < 1.29 is 18.3 Å². The molecule has 52 heavy (non-hydrogen) atoms. The number of thiophene rings is 2. The molecule has 282 valence electrons. The first kappa shape index (κ1) is 41.8. The van der Waals surface area contributed by atoms with Crippen molar-refractivity contribution in [3.05, 3.63) is 60.2 Å². The molecule has 0 bridgehead atoms. The summed E-state index contributed by atoms with van der Waals surface area (Å²) in [5.74, 6) is 0.871. The first-order chi connectivity index (χ1) is 24.7. The van der Waals surface area contributed by atoms with Gasteiger partial charge in [-0.05, 0) is 0 Å². The van der Waals surface area contributed by atoms with E-state index in [1.165, 1.54) is 15.2 Å². The molecule has 0 saturated carbocycles. The molecule has 0 fully saturated rings. The van der Waals surface area contributed by atoms with Crippen LogP contribution < -0.4 is 15.3 Å². The van der Waals surface area contributed by atoms with E-state index in [2.05, 4.69) is 69.5 Å². The monoisotopic (exact) mass is 962 g/mol. The van der Waals surface area contributed by atoms with Crippen LogP contribution in [0.3, 0.4) is 0 Å². The quantitative estimate of drug-likeness (QED) is 0.0815. The van der Waals surface area contributed by atoms with Gasteiger partial charge in [-0.15, -0.1) is 0 Å². The van der Waals surface area contributed by atoms with Gasteiger partial charge in [0.2, 0.25) is 0 Å². The van der Waals surface area contributed by atoms with Crippen LogP contribution in [0.2, 0.25) is 29.6 Å². The molecule has 0 aliphatic rings. The van der Waals surface area contributed by atoms with E-state index in [9.17, 15) is 0 Å². The SMILES string of the molecule is CCCCC(CC)COc1ccc(-c2c3c[c]([Sn]([CH3])([CH3])[CH3])sc3c(-c3ccc(OCC(CC)CCCC)c(F)c3)c3c[c]([Sn]([CH3])([CH3])[CH3])sc23)cc1F. The summed E-state index contributed by atoms with van der Waals surface area (Å²) in [6.45, 7) is 9.85. The molecule has 0 spiro atoms. The van der Waals surface area contributed by atoms with Crippen molar-refractivity contribution in [1.29, 1.82) is 0 Å². The van der Waals surface area contributed by atoms with Crippen molar-refractivity contribution in [2.45, 2.75) is 109 Å². The molecule has 2 unspecified atom stereocenters. The van der Waals surface area contributed by atoms with Crippen molar-refractivity contribution >= 4 is 85.4 Å². The van der Waals surface area contributed by atoms with E-state index in [4.69, 9.17) is 9.47 Å². The average Bonchev–Trinajstić information content (AvgIpc) is 3.74. The van der Waals surface area contributed by atoms with Crippen molar-refractivity contribution in [3.63, 3.8) is 0 Å². The topological polar surface area (TPSA) is 18.5 Å². The van der Waals surface area contributed by atoms with Gasteiger partial charge in [0.1, 0.15) is 0 Å². The van der Waals surface area contributed by atoms with Gasteiger partial charge >= 0.3 is 278 Å². The molecule has 3 aromatic carbocycles. The fourth-order valence-electron chi connectivity index (χ4n) is 6.84. The third-order valence-electron chi connectivity index (χ3n) is 10.4. The van der Waals surface area contributed by atoms with Gasteiger partial charge in [0.05, 0.1) is 0 Å². The fraction of sp³-hybridized carbons (Fsp3) is 0.500. The Morgan fingerprint density at radius 2 is 0.962 bits per heavy atom. The molecule has 2 nitrogen and oxygen atoms in total. The predicted molar refractivity (Wildman–Crippen MR) is 232 cm³/mol. The summed E-state index contributed by atoms with van der Waals surface area (Å²) in [6, 6.07) is 15.9. The van der Waals surface area contributed by atoms with Gasteiger partial charge in [0.25, 0.3) is 0 Å². The van der Waals surface area contributed by atoms with Crippen LogP contribution in [-0.2, 0) is 0 Å². The Balaban J connectivity index is 1.66. The van der Waals surface area contributed by atoms with Crippen molar-refractivity contribution in [1.82, 2.24) is 0 Å². The van der Waals surface area contributed by atoms with E-state index >= 15 is 8.78 Å². The standard InChI is InChI=1S/C38H42F2O2S2.6CH3.2Sn/c1-5-9-11-25(7-3)23-41-33-15-13-27(21-31(33)39)35-29-17-19-44-38(29)36(30-18-20-43-37(30)35)28-14-16-34(32(40)22-28)42-24-26(8-4)12-10-6-2;;;;;;;;/h13-18,21-22,25-26H,5-12,23-24H2,1-4H3;6*1H3;;. The summed E-state index contributed by atoms with van der Waals surface area (Å²) in [5, 5.41) is 2.29. The first-order valence-electron chi connectivity index (χ1n) is 19.6. The molecular formula is C44H60F2O2S2Sn2. The van der Waals surface area contributed by atoms with Crippen LogP contribution in [0.15, 0.2) is 48.5 Å². The Kier molecular flexibility index (Phi) is 14.5. The molecule has 0 aliphatic heterocycles. The molecule has 0 amide bonds. The van der Waals surface area contributed by atoms with Crippen LogP contribution >= 0.6 is 22.7 Å². The number of halogens is 2. The van der Waals surface area contributed by atoms with Crippen molar-refractivity contribution in [3.8, 4) is 33.8 Å². The number of benzene rings is 3. The summed E-state index contributed by atoms with van der Waals surface area (Å²) in [7, 11) is 0. The minimum atomic E-state index is -2.56. The minimum absolute atomic E-state index is 0.317. The molecule has 8 heteroatoms. The average molecular weight is 961 g/mol. The Bertz CT molecular complexity index is 1770. The van der Waals surface area contributed by atoms with Gasteiger partial charge in [0.15, 0.2) is 0 Å². The molecule has 2 aromatic heterocycles. The van der Waals surface area contributed by atoms with Crippen LogP contribution in [0.25, 0.3) is 42.4 Å². The number of hydrogen-bond donors (Lipinski definition) is 0. The Hall–Kier alpha value is -1.36. The number of ether oxygens (including phenoxy) is 2. The maximum absolute atomic E-state index is 16.0. The molecule has 0 N–H and O–H groups in total. The van der Waals surface area contributed by atoms with Crippen LogP contribution in [0, 0.1) is 23.5 Å². The van der Waals surface area contributed by atoms with E-state index in [1.807, 2.05) is 46.9 Å². The van der Waals surface area contributed by atoms with Gasteiger partial charge in [-0.25, -0.2) is 0 Å². The Morgan fingerprint density at radius 3 is 1.27 bits per heavy atom. The second kappa shape index (κ2) is 18.1. The summed E-state index contributed by atoms with van der Waals surface area (Å²) >= 11 is -1.38. The van der Waals surface area contributed by atoms with Crippen LogP contribution in [0.4, 0.5) is 8.78 Å². The van der Waals surface area contributed by atoms with E-state index < -0.39 is 36.8 Å². The van der Waals surface area contributed by atoms with Gasteiger partial charge < -0.3 is 0 Å². The van der Waals surface area contributed by atoms with Gasteiger partial charge in [0, 0.05) is 0 Å². The molecule has 5 rings (SSSR count). The molecule has 5 aromatic rings. The summed E-state index contributed by atoms with van der Waals surface area (Å²) in [6.07, 6.45) is 8.90. The van der Waals surface area contributed by atoms with Crippen LogP contribution in [0.5, 0.6) is 11.5 Å². The van der Waals surface area contributed by atoms with E-state index in [0.29, 0.717) is 36.5 Å². The predicted octanol–water partition coefficient (Wildman–Crippen LogP) is 14.0. The second-order valence-corrected chi connectivity index (χ2v) is 49.6. The maximum atomic E-state index is 16.0. The van der Waals surface area contributed by atoms with Gasteiger partial charge in [-0.1, -0.05) is 53.4 Å². The zero-order valence-corrected chi connectivity index (χ0v) is 40.6. The third-order valence-corrected chi connectivity index (χ3v) is 31.6. The van der Waals surface area contributed by atoms with Crippen LogP contribution in [0.1, 0.15) is 79.1 Å². The zero-order valence-electron chi connectivity index (χ0n) is 33.2. The number of rotatable bonds is 18. The molecule has 2 atom stereocenters. The second-order valence-electron chi connectivity index (χ2n) is 16.7. The van der Waals surface area contributed by atoms with E-state index in [1.54, 1.807) is 12.1 Å². The van der Waals surface area contributed by atoms with E-state index in [0.717, 1.165) is 84.4 Å². The molecular weight excluding hydrogens is 900 g/mol. The van der Waals surface area contributed by atoms with Gasteiger partial charge in [-0.3, -0.25) is 0 Å².